The Morgan fingerprint density at radius 3 is 1.83 bits per heavy atom. The molecule has 0 nitrogen and oxygen atoms in total. The standard InChI is InChI=1S/C9H7.2C6H5.C5H5.2C4H9.H2Si.Zr/c1-2-5-9-7-3-6-8(9)4-1;2*1-2-4-6-5-3-1;1-2-4-5-3-1;2*1-3-4-2;;/h1-7H;2*1-5H;1-3H,4H2;2*1,3-4H2,2H3;1H2;. The Morgan fingerprint density at radius 1 is 0.750 bits per heavy atom. The minimum absolute atomic E-state index is 0.366. The Labute approximate surface area is 214 Å². The fraction of sp³-hybridized carbons (Fsp3) is 0.294. The zero-order chi connectivity index (χ0) is 25.2. The molecule has 0 heterocycles. The summed E-state index contributed by atoms with van der Waals surface area (Å²) < 4.78 is 7.91. The summed E-state index contributed by atoms with van der Waals surface area (Å²) in [7, 11) is 0. The molecule has 0 aromatic heterocycles. The number of fused-ring (bicyclic) bond motifs is 1. The number of unbranched alkanes of at least 4 members (excludes halogenated alkanes) is 2. The van der Waals surface area contributed by atoms with Crippen LogP contribution < -0.4 is 6.54 Å². The van der Waals surface area contributed by atoms with E-state index in [1.54, 1.807) is 15.4 Å². The van der Waals surface area contributed by atoms with Crippen LogP contribution in [0.1, 0.15) is 60.7 Å². The molecule has 0 saturated carbocycles. The van der Waals surface area contributed by atoms with Crippen LogP contribution in [0.15, 0.2) is 113 Å². The van der Waals surface area contributed by atoms with E-state index < -0.39 is 14.4 Å². The molecule has 0 spiro atoms. The third-order valence-electron chi connectivity index (χ3n) is 11.4. The van der Waals surface area contributed by atoms with Gasteiger partial charge in [0, 0.05) is 0 Å². The number of hydrogen-bond acceptors (Lipinski definition) is 0. The molecule has 3 aromatic carbocycles. The van der Waals surface area contributed by atoms with Gasteiger partial charge >= 0.3 is 215 Å². The van der Waals surface area contributed by atoms with Crippen molar-refractivity contribution in [1.29, 1.82) is 0 Å². The van der Waals surface area contributed by atoms with Crippen molar-refractivity contribution in [3.05, 3.63) is 124 Å². The number of allylic oxidation sites excluding steroid dienone is 5. The van der Waals surface area contributed by atoms with Crippen molar-refractivity contribution >= 4 is 19.5 Å². The molecule has 0 N–H and O–H groups in total. The zero-order valence-corrected chi connectivity index (χ0v) is 26.1. The average molecular weight is 570 g/mol. The van der Waals surface area contributed by atoms with Crippen molar-refractivity contribution < 1.29 is 14.4 Å². The molecule has 36 heavy (non-hydrogen) atoms. The molecule has 3 aromatic rings. The summed E-state index contributed by atoms with van der Waals surface area (Å²) in [6.07, 6.45) is 18.4. The van der Waals surface area contributed by atoms with Gasteiger partial charge in [0.2, 0.25) is 0 Å². The van der Waals surface area contributed by atoms with Gasteiger partial charge in [0.25, 0.3) is 0 Å². The topological polar surface area (TPSA) is 0 Å². The van der Waals surface area contributed by atoms with Crippen LogP contribution in [0.2, 0.25) is 8.26 Å². The van der Waals surface area contributed by atoms with Crippen molar-refractivity contribution in [1.82, 2.24) is 0 Å². The summed E-state index contributed by atoms with van der Waals surface area (Å²) in [6.45, 7) is 7.33. The van der Waals surface area contributed by atoms with Crippen molar-refractivity contribution in [3.63, 3.8) is 0 Å². The third kappa shape index (κ3) is 2.79. The molecule has 0 aliphatic heterocycles. The Bertz CT molecular complexity index is 1420. The molecule has 0 fully saturated rings. The van der Waals surface area contributed by atoms with Crippen molar-refractivity contribution in [2.45, 2.75) is 57.8 Å². The van der Waals surface area contributed by atoms with Gasteiger partial charge in [-0.3, -0.25) is 0 Å². The number of benzene rings is 3. The molecule has 0 radical (unpaired) electrons. The summed E-state index contributed by atoms with van der Waals surface area (Å²) in [6, 6.07) is 33.2. The molecular weight excluding hydrogens is 528 g/mol. The van der Waals surface area contributed by atoms with Crippen LogP contribution >= 0.6 is 0 Å². The second-order valence-electron chi connectivity index (χ2n) is 12.5. The van der Waals surface area contributed by atoms with Crippen LogP contribution in [0.5, 0.6) is 0 Å². The first-order valence-electron chi connectivity index (χ1n) is 14.1. The predicted molar refractivity (Wildman–Crippen MR) is 160 cm³/mol. The molecule has 0 amide bonds. The Morgan fingerprint density at radius 2 is 1.31 bits per heavy atom. The first kappa shape index (κ1) is 25.6. The molecule has 2 heteroatoms. The molecule has 2 aliphatic rings. The predicted octanol–water partition coefficient (Wildman–Crippen LogP) is 8.00. The fourth-order valence-electron chi connectivity index (χ4n) is 9.42. The normalized spacial score (nSPS) is 19.7. The van der Waals surface area contributed by atoms with Crippen LogP contribution in [0, 0.1) is 0 Å². The second-order valence-corrected chi connectivity index (χ2v) is 54.0. The molecule has 5 rings (SSSR count). The Hall–Kier alpha value is -2.02. The van der Waals surface area contributed by atoms with Crippen molar-refractivity contribution in [3.8, 4) is 0 Å². The number of rotatable bonds is 10. The molecular formula is C34H42SiZr. The van der Waals surface area contributed by atoms with E-state index >= 15 is 0 Å². The molecule has 1 unspecified atom stereocenters. The van der Waals surface area contributed by atoms with Gasteiger partial charge in [0.05, 0.1) is 0 Å². The Kier molecular flexibility index (Phi) is 6.05. The SMILES string of the molecule is CCC[CH2][Zr](=[SiH2])([CH2]CCC)([C]1=CC=CC1)([c]1ccccc1)([c]1ccccc1)[CH]1C=Cc2ccccc21. The fourth-order valence-corrected chi connectivity index (χ4v) is 54.9. The first-order chi connectivity index (χ1) is 17.4. The van der Waals surface area contributed by atoms with Gasteiger partial charge in [-0.05, 0) is 0 Å². The van der Waals surface area contributed by atoms with E-state index in [-0.39, 0.29) is 0 Å². The second kappa shape index (κ2) is 8.50. The van der Waals surface area contributed by atoms with Crippen molar-refractivity contribution in [2.24, 2.45) is 0 Å². The van der Waals surface area contributed by atoms with E-state index in [1.165, 1.54) is 39.5 Å². The maximum absolute atomic E-state index is 5.52. The van der Waals surface area contributed by atoms with Crippen LogP contribution in [0.25, 0.3) is 6.08 Å². The molecule has 2 aliphatic carbocycles. The van der Waals surface area contributed by atoms with Gasteiger partial charge in [0.1, 0.15) is 0 Å². The van der Waals surface area contributed by atoms with E-state index in [0.717, 1.165) is 6.42 Å². The van der Waals surface area contributed by atoms with Gasteiger partial charge in [0.15, 0.2) is 0 Å². The van der Waals surface area contributed by atoms with E-state index in [9.17, 15) is 0 Å². The maximum atomic E-state index is 2.66. The van der Waals surface area contributed by atoms with Gasteiger partial charge in [-0.25, -0.2) is 0 Å². The van der Waals surface area contributed by atoms with Gasteiger partial charge in [-0.2, -0.15) is 0 Å². The van der Waals surface area contributed by atoms with Crippen LogP contribution in [-0.4, -0.2) is 6.88 Å². The summed E-state index contributed by atoms with van der Waals surface area (Å²) in [5.74, 6) is 0. The van der Waals surface area contributed by atoms with Gasteiger partial charge in [-0.15, -0.1) is 0 Å². The molecule has 186 valence electrons. The summed E-state index contributed by atoms with van der Waals surface area (Å²) in [5, 5.41) is 0. The van der Waals surface area contributed by atoms with Crippen LogP contribution in [-0.2, 0) is 14.4 Å². The quantitative estimate of drug-likeness (QED) is 0.217. The third-order valence-corrected chi connectivity index (χ3v) is 61.7. The molecule has 0 bridgehead atoms. The van der Waals surface area contributed by atoms with Gasteiger partial charge < -0.3 is 0 Å². The summed E-state index contributed by atoms with van der Waals surface area (Å²) >= 11 is -5.52. The van der Waals surface area contributed by atoms with E-state index in [2.05, 4.69) is 136 Å². The monoisotopic (exact) mass is 568 g/mol. The van der Waals surface area contributed by atoms with E-state index in [4.69, 9.17) is 0 Å². The van der Waals surface area contributed by atoms with Crippen LogP contribution in [0.4, 0.5) is 0 Å². The van der Waals surface area contributed by atoms with E-state index in [0.29, 0.717) is 3.63 Å². The molecule has 0 saturated heterocycles. The first-order valence-corrected chi connectivity index (χ1v) is 28.6. The number of hydrogen-bond donors (Lipinski definition) is 0. The minimum atomic E-state index is -5.52. The average Bonchev–Trinajstić information content (AvgIpc) is 3.65. The van der Waals surface area contributed by atoms with Crippen molar-refractivity contribution in [2.75, 3.05) is 0 Å². The van der Waals surface area contributed by atoms with Crippen LogP contribution in [0.3, 0.4) is 0 Å². The molecule has 1 atom stereocenters. The summed E-state index contributed by atoms with van der Waals surface area (Å²) in [5.41, 5.74) is 2.96. The van der Waals surface area contributed by atoms with Gasteiger partial charge in [-0.1, -0.05) is 0 Å². The summed E-state index contributed by atoms with van der Waals surface area (Å²) in [4.78, 5) is 0. The zero-order valence-electron chi connectivity index (χ0n) is 22.2. The Balaban J connectivity index is 2.16. The van der Waals surface area contributed by atoms with E-state index in [1.807, 2.05) is 0 Å².